The van der Waals surface area contributed by atoms with Crippen molar-refractivity contribution in [2.75, 3.05) is 0 Å². The van der Waals surface area contributed by atoms with Crippen LogP contribution in [0.15, 0.2) is 4.42 Å². The molecule has 1 aromatic heterocycles. The summed E-state index contributed by atoms with van der Waals surface area (Å²) in [7, 11) is 0. The molecule has 0 spiro atoms. The van der Waals surface area contributed by atoms with E-state index in [0.29, 0.717) is 31.6 Å². The Morgan fingerprint density at radius 3 is 2.44 bits per heavy atom. The molecule has 2 aliphatic rings. The number of carboxylic acid groups (broad SMARTS) is 1. The molecule has 25 heavy (non-hydrogen) atoms. The minimum Gasteiger partial charge on any atom is -0.481 e. The van der Waals surface area contributed by atoms with Gasteiger partial charge in [0.1, 0.15) is 6.61 Å². The number of aliphatic carboxylic acids is 1. The molecule has 0 aliphatic heterocycles. The monoisotopic (exact) mass is 364 g/mol. The summed E-state index contributed by atoms with van der Waals surface area (Å²) in [5.74, 6) is -0.297. The van der Waals surface area contributed by atoms with Crippen LogP contribution in [0.5, 0.6) is 0 Å². The Bertz CT molecular complexity index is 592. The Morgan fingerprint density at radius 2 is 1.84 bits per heavy atom. The average Bonchev–Trinajstić information content (AvgIpc) is 2.97. The van der Waals surface area contributed by atoms with Gasteiger partial charge >= 0.3 is 12.3 Å². The number of aromatic nitrogens is 2. The van der Waals surface area contributed by atoms with E-state index in [1.54, 1.807) is 0 Å². The normalized spacial score (nSPS) is 30.0. The largest absolute Gasteiger partial charge is 0.522 e. The van der Waals surface area contributed by atoms with Crippen LogP contribution >= 0.6 is 0 Å². The van der Waals surface area contributed by atoms with Gasteiger partial charge in [0.25, 0.3) is 0 Å². The maximum atomic E-state index is 12.0. The Kier molecular flexibility index (Phi) is 5.28. The number of rotatable bonds is 6. The van der Waals surface area contributed by atoms with Gasteiger partial charge in [-0.25, -0.2) is 0 Å². The number of ether oxygens (including phenoxy) is 2. The Morgan fingerprint density at radius 1 is 1.16 bits per heavy atom. The second kappa shape index (κ2) is 7.28. The van der Waals surface area contributed by atoms with E-state index in [-0.39, 0.29) is 43.3 Å². The first kappa shape index (κ1) is 18.1. The van der Waals surface area contributed by atoms with Crippen molar-refractivity contribution in [3.63, 3.8) is 0 Å². The number of carboxylic acids is 1. The Hall–Kier alpha value is -1.68. The molecule has 0 aromatic carbocycles. The van der Waals surface area contributed by atoms with Gasteiger partial charge in [-0.2, -0.15) is 0 Å². The topological polar surface area (TPSA) is 94.7 Å². The van der Waals surface area contributed by atoms with Crippen molar-refractivity contribution < 1.29 is 37.0 Å². The summed E-state index contributed by atoms with van der Waals surface area (Å²) in [5, 5.41) is 16.9. The zero-order chi connectivity index (χ0) is 18.0. The van der Waals surface area contributed by atoms with E-state index in [1.807, 2.05) is 0 Å². The molecule has 2 fully saturated rings. The van der Waals surface area contributed by atoms with E-state index in [0.717, 1.165) is 0 Å². The van der Waals surface area contributed by atoms with Crippen LogP contribution in [0, 0.1) is 5.92 Å². The predicted octanol–water partition coefficient (Wildman–Crippen LogP) is 3.01. The number of alkyl halides is 3. The summed E-state index contributed by atoms with van der Waals surface area (Å²) in [4.78, 5) is 10.9. The van der Waals surface area contributed by atoms with Gasteiger partial charge in [-0.1, -0.05) is 0 Å². The summed E-state index contributed by atoms with van der Waals surface area (Å²) >= 11 is 0. The molecule has 0 bridgehead atoms. The van der Waals surface area contributed by atoms with Gasteiger partial charge < -0.3 is 14.3 Å². The third kappa shape index (κ3) is 4.91. The van der Waals surface area contributed by atoms with Crippen molar-refractivity contribution in [1.29, 1.82) is 0 Å². The molecule has 7 nitrogen and oxygen atoms in total. The van der Waals surface area contributed by atoms with E-state index >= 15 is 0 Å². The smallest absolute Gasteiger partial charge is 0.481 e. The van der Waals surface area contributed by atoms with Gasteiger partial charge in [-0.05, 0) is 25.7 Å². The lowest BCUT2D eigenvalue weighted by molar-refractivity contribution is -0.357. The summed E-state index contributed by atoms with van der Waals surface area (Å²) < 4.78 is 50.9. The van der Waals surface area contributed by atoms with Gasteiger partial charge in [-0.3, -0.25) is 9.53 Å². The summed E-state index contributed by atoms with van der Waals surface area (Å²) in [5.41, 5.74) is 0. The molecule has 10 heteroatoms. The number of hydrogen-bond donors (Lipinski definition) is 1. The molecule has 1 N–H and O–H groups in total. The molecular weight excluding hydrogens is 345 g/mol. The molecule has 2 aliphatic carbocycles. The minimum absolute atomic E-state index is 0.0425. The highest BCUT2D eigenvalue weighted by Gasteiger charge is 2.40. The minimum atomic E-state index is -4.61. The third-order valence-electron chi connectivity index (χ3n) is 4.70. The van der Waals surface area contributed by atoms with E-state index in [9.17, 15) is 18.0 Å². The molecule has 1 heterocycles. The highest BCUT2D eigenvalue weighted by molar-refractivity contribution is 5.70. The van der Waals surface area contributed by atoms with Crippen LogP contribution in [0.2, 0.25) is 0 Å². The molecule has 0 atom stereocenters. The van der Waals surface area contributed by atoms with Crippen LogP contribution in [-0.2, 0) is 20.9 Å². The standard InChI is InChI=1S/C15H19F3N2O5/c16-15(17,18)25-11-5-10(6-11)23-7-12-19-20-13(24-12)8-1-3-9(4-2-8)14(21)22/h8-11H,1-7H2,(H,21,22). The van der Waals surface area contributed by atoms with Crippen LogP contribution in [-0.4, -0.2) is 39.8 Å². The molecule has 1 aromatic rings. The van der Waals surface area contributed by atoms with Gasteiger partial charge in [0.2, 0.25) is 11.8 Å². The van der Waals surface area contributed by atoms with Crippen molar-refractivity contribution >= 4 is 5.97 Å². The quantitative estimate of drug-likeness (QED) is 0.829. The van der Waals surface area contributed by atoms with Gasteiger partial charge in [0.15, 0.2) is 0 Å². The van der Waals surface area contributed by atoms with E-state index in [1.165, 1.54) is 0 Å². The number of carbonyl (C=O) groups is 1. The third-order valence-corrected chi connectivity index (χ3v) is 4.70. The Labute approximate surface area is 141 Å². The molecular formula is C15H19F3N2O5. The maximum Gasteiger partial charge on any atom is 0.522 e. The second-order valence-electron chi connectivity index (χ2n) is 6.51. The molecule has 2 saturated carbocycles. The first-order valence-electron chi connectivity index (χ1n) is 8.21. The average molecular weight is 364 g/mol. The van der Waals surface area contributed by atoms with Crippen LogP contribution in [0.4, 0.5) is 13.2 Å². The molecule has 0 radical (unpaired) electrons. The van der Waals surface area contributed by atoms with Crippen molar-refractivity contribution in [2.24, 2.45) is 5.92 Å². The maximum absolute atomic E-state index is 12.0. The van der Waals surface area contributed by atoms with Crippen LogP contribution in [0.25, 0.3) is 0 Å². The number of halogens is 3. The zero-order valence-electron chi connectivity index (χ0n) is 13.4. The van der Waals surface area contributed by atoms with E-state index < -0.39 is 18.4 Å². The second-order valence-corrected chi connectivity index (χ2v) is 6.51. The van der Waals surface area contributed by atoms with Crippen LogP contribution in [0.3, 0.4) is 0 Å². The molecule has 0 saturated heterocycles. The Balaban J connectivity index is 1.39. The van der Waals surface area contributed by atoms with Crippen molar-refractivity contribution in [3.05, 3.63) is 11.8 Å². The fourth-order valence-corrected chi connectivity index (χ4v) is 3.21. The zero-order valence-corrected chi connectivity index (χ0v) is 13.4. The first-order valence-corrected chi connectivity index (χ1v) is 8.21. The van der Waals surface area contributed by atoms with Crippen LogP contribution < -0.4 is 0 Å². The highest BCUT2D eigenvalue weighted by Crippen LogP contribution is 2.36. The van der Waals surface area contributed by atoms with Gasteiger partial charge in [-0.15, -0.1) is 23.4 Å². The van der Waals surface area contributed by atoms with Gasteiger partial charge in [0.05, 0.1) is 18.1 Å². The first-order chi connectivity index (χ1) is 11.8. The number of nitrogens with zero attached hydrogens (tertiary/aromatic N) is 2. The molecule has 0 amide bonds. The lowest BCUT2D eigenvalue weighted by Crippen LogP contribution is -2.40. The molecule has 140 valence electrons. The van der Waals surface area contributed by atoms with E-state index in [4.69, 9.17) is 14.3 Å². The number of hydrogen-bond acceptors (Lipinski definition) is 6. The van der Waals surface area contributed by atoms with E-state index in [2.05, 4.69) is 14.9 Å². The summed E-state index contributed by atoms with van der Waals surface area (Å²) in [6, 6.07) is 0. The van der Waals surface area contributed by atoms with Crippen molar-refractivity contribution in [2.45, 2.75) is 69.6 Å². The fourth-order valence-electron chi connectivity index (χ4n) is 3.21. The predicted molar refractivity (Wildman–Crippen MR) is 75.4 cm³/mol. The fraction of sp³-hybridized carbons (Fsp3) is 0.800. The molecule has 3 rings (SSSR count). The lowest BCUT2D eigenvalue weighted by Gasteiger charge is -2.34. The van der Waals surface area contributed by atoms with Crippen molar-refractivity contribution in [3.8, 4) is 0 Å². The summed E-state index contributed by atoms with van der Waals surface area (Å²) in [6.07, 6.45) is -2.90. The summed E-state index contributed by atoms with van der Waals surface area (Å²) in [6.45, 7) is 0.0425. The van der Waals surface area contributed by atoms with Crippen LogP contribution in [0.1, 0.15) is 56.2 Å². The van der Waals surface area contributed by atoms with Gasteiger partial charge in [0, 0.05) is 18.8 Å². The molecule has 0 unspecified atom stereocenters. The lowest BCUT2D eigenvalue weighted by atomic mass is 9.82. The SMILES string of the molecule is O=C(O)C1CCC(c2nnc(COC3CC(OC(F)(F)F)C3)o2)CC1. The van der Waals surface area contributed by atoms with Crippen molar-refractivity contribution in [1.82, 2.24) is 10.2 Å². The highest BCUT2D eigenvalue weighted by atomic mass is 19.4.